The van der Waals surface area contributed by atoms with Gasteiger partial charge in [-0.15, -0.1) is 11.3 Å². The number of halogens is 2. The monoisotopic (exact) mass is 544 g/mol. The molecule has 4 rings (SSSR count). The summed E-state index contributed by atoms with van der Waals surface area (Å²) >= 11 is 7.80. The fraction of sp³-hybridized carbons (Fsp3) is 0.120. The predicted octanol–water partition coefficient (Wildman–Crippen LogP) is 5.55. The van der Waals surface area contributed by atoms with Crippen LogP contribution in [-0.4, -0.2) is 38.7 Å². The highest BCUT2D eigenvalue weighted by molar-refractivity contribution is 8.26. The first-order chi connectivity index (χ1) is 17.2. The summed E-state index contributed by atoms with van der Waals surface area (Å²) in [7, 11) is 0. The number of benzene rings is 2. The average molecular weight is 545 g/mol. The topological polar surface area (TPSA) is 86.7 Å². The molecule has 0 bridgehead atoms. The van der Waals surface area contributed by atoms with Crippen LogP contribution in [0.15, 0.2) is 58.8 Å². The summed E-state index contributed by atoms with van der Waals surface area (Å²) in [6.07, 6.45) is 1.53. The molecule has 1 aliphatic heterocycles. The van der Waals surface area contributed by atoms with Crippen molar-refractivity contribution in [2.24, 2.45) is 0 Å². The normalized spacial score (nSPS) is 14.5. The molecule has 1 fully saturated rings. The molecule has 0 unspecified atom stereocenters. The van der Waals surface area contributed by atoms with E-state index >= 15 is 0 Å². The molecule has 1 saturated heterocycles. The van der Waals surface area contributed by atoms with Crippen LogP contribution in [0.25, 0.3) is 17.2 Å². The lowest BCUT2D eigenvalue weighted by Crippen LogP contribution is -2.31. The maximum atomic E-state index is 13.5. The van der Waals surface area contributed by atoms with Crippen molar-refractivity contribution < 1.29 is 28.3 Å². The molecule has 184 valence electrons. The molecule has 3 aromatic rings. The minimum atomic E-state index is -0.969. The minimum Gasteiger partial charge on any atom is -0.481 e. The second kappa shape index (κ2) is 11.1. The standard InChI is InChI=1S/C25H18F2N2O4S3/c26-19-5-4-15(11-20(19)27)16-10-18(35-13-16)12-21-24(33)29(25(34)36-21)7-6-22(30)28-17-3-1-2-14(8-17)9-23(31)32/h1-5,8,10-13H,6-7,9H2,(H,28,30)(H,31,32)/b21-12-. The highest BCUT2D eigenvalue weighted by atomic mass is 32.2. The van der Waals surface area contributed by atoms with Crippen LogP contribution in [0.4, 0.5) is 14.5 Å². The molecule has 1 aromatic heterocycles. The van der Waals surface area contributed by atoms with Crippen molar-refractivity contribution in [3.8, 4) is 11.1 Å². The van der Waals surface area contributed by atoms with Gasteiger partial charge < -0.3 is 10.4 Å². The number of thiocarbonyl (C=S) groups is 1. The van der Waals surface area contributed by atoms with Gasteiger partial charge in [0.25, 0.3) is 5.91 Å². The molecule has 2 heterocycles. The summed E-state index contributed by atoms with van der Waals surface area (Å²) < 4.78 is 27.1. The van der Waals surface area contributed by atoms with Gasteiger partial charge in [0.2, 0.25) is 5.91 Å². The Kier molecular flexibility index (Phi) is 7.92. The summed E-state index contributed by atoms with van der Waals surface area (Å²) in [6.45, 7) is 0.0905. The van der Waals surface area contributed by atoms with Crippen molar-refractivity contribution in [3.05, 3.63) is 80.9 Å². The van der Waals surface area contributed by atoms with Crippen LogP contribution in [-0.2, 0) is 20.8 Å². The number of aliphatic carboxylic acids is 1. The van der Waals surface area contributed by atoms with Gasteiger partial charge in [0.1, 0.15) is 4.32 Å². The molecule has 0 atom stereocenters. The Balaban J connectivity index is 1.37. The lowest BCUT2D eigenvalue weighted by Gasteiger charge is -2.14. The van der Waals surface area contributed by atoms with Gasteiger partial charge in [-0.05, 0) is 58.5 Å². The molecule has 2 amide bonds. The second-order valence-corrected chi connectivity index (χ2v) is 10.4. The average Bonchev–Trinajstić information content (AvgIpc) is 3.38. The zero-order valence-corrected chi connectivity index (χ0v) is 20.9. The number of nitrogens with one attached hydrogen (secondary N) is 1. The van der Waals surface area contributed by atoms with Gasteiger partial charge in [-0.3, -0.25) is 19.3 Å². The Morgan fingerprint density at radius 2 is 1.89 bits per heavy atom. The van der Waals surface area contributed by atoms with Crippen molar-refractivity contribution >= 4 is 69.2 Å². The largest absolute Gasteiger partial charge is 0.481 e. The molecule has 1 aliphatic rings. The number of carbonyl (C=O) groups excluding carboxylic acids is 2. The van der Waals surface area contributed by atoms with E-state index in [9.17, 15) is 23.2 Å². The van der Waals surface area contributed by atoms with Crippen molar-refractivity contribution in [1.82, 2.24) is 4.90 Å². The van der Waals surface area contributed by atoms with Crippen molar-refractivity contribution in [2.75, 3.05) is 11.9 Å². The SMILES string of the molecule is O=C(O)Cc1cccc(NC(=O)CCN2C(=O)/C(=C/c3cc(-c4ccc(F)c(F)c4)cs3)SC2=S)c1. The Bertz CT molecular complexity index is 1400. The third-order valence-corrected chi connectivity index (χ3v) is 7.41. The number of thiophene rings is 1. The van der Waals surface area contributed by atoms with E-state index in [-0.39, 0.29) is 31.2 Å². The third-order valence-electron chi connectivity index (χ3n) is 5.15. The first-order valence-electron chi connectivity index (χ1n) is 10.6. The summed E-state index contributed by atoms with van der Waals surface area (Å²) in [5.74, 6) is -3.47. The Morgan fingerprint density at radius 1 is 1.08 bits per heavy atom. The summed E-state index contributed by atoms with van der Waals surface area (Å²) in [4.78, 5) is 38.6. The number of amides is 2. The molecule has 36 heavy (non-hydrogen) atoms. The van der Waals surface area contributed by atoms with Gasteiger partial charge in [-0.2, -0.15) is 0 Å². The minimum absolute atomic E-state index is 0.00214. The van der Waals surface area contributed by atoms with E-state index in [0.717, 1.165) is 28.8 Å². The Labute approximate surface area is 218 Å². The van der Waals surface area contributed by atoms with Gasteiger partial charge in [-0.25, -0.2) is 8.78 Å². The van der Waals surface area contributed by atoms with E-state index in [1.165, 1.54) is 22.3 Å². The maximum absolute atomic E-state index is 13.5. The predicted molar refractivity (Wildman–Crippen MR) is 141 cm³/mol. The van der Waals surface area contributed by atoms with E-state index < -0.39 is 17.6 Å². The smallest absolute Gasteiger partial charge is 0.307 e. The van der Waals surface area contributed by atoms with E-state index in [1.807, 2.05) is 0 Å². The Hall–Kier alpha value is -3.41. The number of carbonyl (C=O) groups is 3. The van der Waals surface area contributed by atoms with E-state index in [0.29, 0.717) is 31.6 Å². The molecule has 2 N–H and O–H groups in total. The molecule has 0 spiro atoms. The molecule has 6 nitrogen and oxygen atoms in total. The summed E-state index contributed by atoms with van der Waals surface area (Å²) in [5.41, 5.74) is 2.25. The van der Waals surface area contributed by atoms with Crippen LogP contribution in [0.5, 0.6) is 0 Å². The zero-order chi connectivity index (χ0) is 25.8. The fourth-order valence-corrected chi connectivity index (χ4v) is 5.67. The zero-order valence-electron chi connectivity index (χ0n) is 18.5. The van der Waals surface area contributed by atoms with Crippen molar-refractivity contribution in [3.63, 3.8) is 0 Å². The highest BCUT2D eigenvalue weighted by Gasteiger charge is 2.32. The quantitative estimate of drug-likeness (QED) is 0.286. The maximum Gasteiger partial charge on any atom is 0.307 e. The molecule has 2 aromatic carbocycles. The number of hydrogen-bond donors (Lipinski definition) is 2. The van der Waals surface area contributed by atoms with Crippen LogP contribution in [0.2, 0.25) is 0 Å². The number of carboxylic acids is 1. The summed E-state index contributed by atoms with van der Waals surface area (Å²) in [5, 5.41) is 13.4. The van der Waals surface area contributed by atoms with Gasteiger partial charge in [0.15, 0.2) is 11.6 Å². The Morgan fingerprint density at radius 3 is 2.64 bits per heavy atom. The van der Waals surface area contributed by atoms with E-state index in [2.05, 4.69) is 5.32 Å². The fourth-order valence-electron chi connectivity index (χ4n) is 3.45. The molecule has 0 aliphatic carbocycles. The van der Waals surface area contributed by atoms with Crippen LogP contribution in [0, 0.1) is 11.6 Å². The lowest BCUT2D eigenvalue weighted by atomic mass is 10.1. The lowest BCUT2D eigenvalue weighted by molar-refractivity contribution is -0.136. The molecule has 11 heteroatoms. The number of rotatable bonds is 8. The summed E-state index contributed by atoms with van der Waals surface area (Å²) in [6, 6.07) is 12.0. The number of anilines is 1. The van der Waals surface area contributed by atoms with Crippen LogP contribution in [0.1, 0.15) is 16.9 Å². The second-order valence-electron chi connectivity index (χ2n) is 7.77. The van der Waals surface area contributed by atoms with Crippen LogP contribution >= 0.6 is 35.3 Å². The number of thioether (sulfide) groups is 1. The van der Waals surface area contributed by atoms with Crippen LogP contribution in [0.3, 0.4) is 0 Å². The molecular formula is C25H18F2N2O4S3. The van der Waals surface area contributed by atoms with Gasteiger partial charge in [-0.1, -0.05) is 42.2 Å². The molecule has 0 saturated carbocycles. The van der Waals surface area contributed by atoms with E-state index in [4.69, 9.17) is 17.3 Å². The number of carboxylic acid groups (broad SMARTS) is 1. The van der Waals surface area contributed by atoms with Crippen molar-refractivity contribution in [2.45, 2.75) is 12.8 Å². The van der Waals surface area contributed by atoms with Gasteiger partial charge >= 0.3 is 5.97 Å². The number of hydrogen-bond acceptors (Lipinski definition) is 6. The first-order valence-corrected chi connectivity index (χ1v) is 12.7. The van der Waals surface area contributed by atoms with Gasteiger partial charge in [0, 0.05) is 23.5 Å². The van der Waals surface area contributed by atoms with Crippen molar-refractivity contribution in [1.29, 1.82) is 0 Å². The van der Waals surface area contributed by atoms with Gasteiger partial charge in [0.05, 0.1) is 11.3 Å². The number of nitrogens with zero attached hydrogens (tertiary/aromatic N) is 1. The highest BCUT2D eigenvalue weighted by Crippen LogP contribution is 2.35. The van der Waals surface area contributed by atoms with Crippen LogP contribution < -0.4 is 5.32 Å². The third kappa shape index (κ3) is 6.23. The first kappa shape index (κ1) is 25.7. The molecular weight excluding hydrogens is 526 g/mol. The van der Waals surface area contributed by atoms with E-state index in [1.54, 1.807) is 41.8 Å². The molecule has 0 radical (unpaired) electrons.